The maximum Gasteiger partial charge on any atom is 0.219 e. The van der Waals surface area contributed by atoms with Crippen molar-refractivity contribution >= 4 is 17.3 Å². The molecular weight excluding hydrogens is 248 g/mol. The van der Waals surface area contributed by atoms with Crippen molar-refractivity contribution in [3.63, 3.8) is 0 Å². The van der Waals surface area contributed by atoms with Crippen molar-refractivity contribution in [2.75, 3.05) is 5.73 Å². The number of nitrogen functional groups attached to an aromatic ring is 1. The molecule has 94 valence electrons. The topological polar surface area (TPSA) is 48.1 Å². The normalized spacial score (nSPS) is 10.4. The van der Waals surface area contributed by atoms with Crippen molar-refractivity contribution in [3.8, 4) is 11.6 Å². The third kappa shape index (κ3) is 2.74. The zero-order valence-electron chi connectivity index (χ0n) is 10.4. The molecule has 0 radical (unpaired) electrons. The third-order valence-corrected chi connectivity index (χ3v) is 3.09. The van der Waals surface area contributed by atoms with Crippen LogP contribution in [-0.4, -0.2) is 4.98 Å². The molecule has 1 heterocycles. The first-order valence-corrected chi connectivity index (χ1v) is 6.17. The fraction of sp³-hybridized carbons (Fsp3) is 0.214. The highest BCUT2D eigenvalue weighted by Crippen LogP contribution is 2.26. The summed E-state index contributed by atoms with van der Waals surface area (Å²) in [5.41, 5.74) is 8.19. The predicted octanol–water partition coefficient (Wildman–Crippen LogP) is 3.98. The smallest absolute Gasteiger partial charge is 0.219 e. The molecule has 0 aliphatic rings. The van der Waals surface area contributed by atoms with Crippen molar-refractivity contribution in [1.29, 1.82) is 0 Å². The van der Waals surface area contributed by atoms with Gasteiger partial charge in [-0.3, -0.25) is 0 Å². The summed E-state index contributed by atoms with van der Waals surface area (Å²) in [4.78, 5) is 4.27. The SMILES string of the molecule is CCc1cc(Oc2ccc(N)c(C)n2)ccc1Cl. The van der Waals surface area contributed by atoms with Gasteiger partial charge in [-0.2, -0.15) is 0 Å². The first-order chi connectivity index (χ1) is 8.60. The monoisotopic (exact) mass is 262 g/mol. The summed E-state index contributed by atoms with van der Waals surface area (Å²) >= 11 is 6.06. The van der Waals surface area contributed by atoms with Crippen molar-refractivity contribution in [1.82, 2.24) is 4.98 Å². The molecule has 2 aromatic rings. The number of nitrogens with two attached hydrogens (primary N) is 1. The standard InChI is InChI=1S/C14H15ClN2O/c1-3-10-8-11(4-5-12(10)15)18-14-7-6-13(16)9(2)17-14/h4-8H,3,16H2,1-2H3. The Morgan fingerprint density at radius 1 is 1.28 bits per heavy atom. The van der Waals surface area contributed by atoms with Crippen LogP contribution >= 0.6 is 11.6 Å². The van der Waals surface area contributed by atoms with Crippen LogP contribution in [0.5, 0.6) is 11.6 Å². The zero-order valence-corrected chi connectivity index (χ0v) is 11.2. The Balaban J connectivity index is 2.25. The Hall–Kier alpha value is -1.74. The second kappa shape index (κ2) is 5.27. The molecule has 0 fully saturated rings. The number of rotatable bonds is 3. The maximum absolute atomic E-state index is 6.06. The molecule has 0 atom stereocenters. The van der Waals surface area contributed by atoms with Gasteiger partial charge in [0.25, 0.3) is 0 Å². The predicted molar refractivity (Wildman–Crippen MR) is 74.3 cm³/mol. The van der Waals surface area contributed by atoms with Gasteiger partial charge in [-0.25, -0.2) is 4.98 Å². The molecule has 1 aromatic carbocycles. The largest absolute Gasteiger partial charge is 0.439 e. The van der Waals surface area contributed by atoms with E-state index in [1.165, 1.54) is 0 Å². The van der Waals surface area contributed by atoms with E-state index in [1.807, 2.05) is 25.1 Å². The molecule has 0 amide bonds. The van der Waals surface area contributed by atoms with Crippen molar-refractivity contribution in [2.24, 2.45) is 0 Å². The van der Waals surface area contributed by atoms with Gasteiger partial charge in [-0.1, -0.05) is 18.5 Å². The summed E-state index contributed by atoms with van der Waals surface area (Å²) in [6.07, 6.45) is 0.865. The van der Waals surface area contributed by atoms with Crippen LogP contribution in [0.15, 0.2) is 30.3 Å². The second-order valence-corrected chi connectivity index (χ2v) is 4.44. The average molecular weight is 263 g/mol. The second-order valence-electron chi connectivity index (χ2n) is 4.03. The number of aryl methyl sites for hydroxylation is 2. The van der Waals surface area contributed by atoms with Gasteiger partial charge in [-0.15, -0.1) is 0 Å². The highest BCUT2D eigenvalue weighted by molar-refractivity contribution is 6.31. The average Bonchev–Trinajstić information content (AvgIpc) is 2.36. The Morgan fingerprint density at radius 3 is 2.72 bits per heavy atom. The van der Waals surface area contributed by atoms with E-state index in [1.54, 1.807) is 12.1 Å². The molecule has 4 heteroatoms. The quantitative estimate of drug-likeness (QED) is 0.910. The van der Waals surface area contributed by atoms with Crippen molar-refractivity contribution in [3.05, 3.63) is 46.6 Å². The molecule has 0 unspecified atom stereocenters. The van der Waals surface area contributed by atoms with Crippen molar-refractivity contribution in [2.45, 2.75) is 20.3 Å². The molecule has 0 saturated heterocycles. The molecule has 18 heavy (non-hydrogen) atoms. The van der Waals surface area contributed by atoms with Crippen LogP contribution in [0.2, 0.25) is 5.02 Å². The molecule has 2 rings (SSSR count). The molecule has 1 aromatic heterocycles. The highest BCUT2D eigenvalue weighted by atomic mass is 35.5. The number of anilines is 1. The molecule has 0 bridgehead atoms. The van der Waals surface area contributed by atoms with Gasteiger partial charge in [0.15, 0.2) is 0 Å². The number of hydrogen-bond donors (Lipinski definition) is 1. The summed E-state index contributed by atoms with van der Waals surface area (Å²) in [5, 5.41) is 0.756. The minimum Gasteiger partial charge on any atom is -0.439 e. The van der Waals surface area contributed by atoms with Crippen LogP contribution < -0.4 is 10.5 Å². The van der Waals surface area contributed by atoms with Gasteiger partial charge in [0.1, 0.15) is 5.75 Å². The van der Waals surface area contributed by atoms with Gasteiger partial charge in [0.2, 0.25) is 5.88 Å². The lowest BCUT2D eigenvalue weighted by Gasteiger charge is -2.08. The Labute approximate surface area is 112 Å². The highest BCUT2D eigenvalue weighted by Gasteiger charge is 2.04. The fourth-order valence-electron chi connectivity index (χ4n) is 1.61. The van der Waals surface area contributed by atoms with Crippen LogP contribution in [-0.2, 0) is 6.42 Å². The van der Waals surface area contributed by atoms with Gasteiger partial charge >= 0.3 is 0 Å². The number of halogens is 1. The molecule has 0 saturated carbocycles. The fourth-order valence-corrected chi connectivity index (χ4v) is 1.86. The van der Waals surface area contributed by atoms with Crippen LogP contribution in [0, 0.1) is 6.92 Å². The lowest BCUT2D eigenvalue weighted by atomic mass is 10.1. The first-order valence-electron chi connectivity index (χ1n) is 5.79. The van der Waals surface area contributed by atoms with E-state index in [2.05, 4.69) is 11.9 Å². The van der Waals surface area contributed by atoms with E-state index in [4.69, 9.17) is 22.1 Å². The first kappa shape index (κ1) is 12.7. The number of aromatic nitrogens is 1. The van der Waals surface area contributed by atoms with Crippen LogP contribution in [0.3, 0.4) is 0 Å². The van der Waals surface area contributed by atoms with E-state index in [0.717, 1.165) is 28.5 Å². The molecule has 2 N–H and O–H groups in total. The van der Waals surface area contributed by atoms with Gasteiger partial charge in [0, 0.05) is 11.1 Å². The Bertz CT molecular complexity index is 570. The summed E-state index contributed by atoms with van der Waals surface area (Å²) in [6.45, 7) is 3.90. The molecule has 0 aliphatic heterocycles. The number of hydrogen-bond acceptors (Lipinski definition) is 3. The summed E-state index contributed by atoms with van der Waals surface area (Å²) in [5.74, 6) is 1.26. The minimum absolute atomic E-state index is 0.533. The van der Waals surface area contributed by atoms with Crippen molar-refractivity contribution < 1.29 is 4.74 Å². The minimum atomic E-state index is 0.533. The zero-order chi connectivity index (χ0) is 13.1. The molecule has 3 nitrogen and oxygen atoms in total. The van der Waals surface area contributed by atoms with E-state index in [-0.39, 0.29) is 0 Å². The summed E-state index contributed by atoms with van der Waals surface area (Å²) < 4.78 is 5.69. The third-order valence-electron chi connectivity index (χ3n) is 2.72. The van der Waals surface area contributed by atoms with Gasteiger partial charge in [-0.05, 0) is 43.2 Å². The van der Waals surface area contributed by atoms with E-state index < -0.39 is 0 Å². The van der Waals surface area contributed by atoms with E-state index >= 15 is 0 Å². The molecule has 0 aliphatic carbocycles. The number of nitrogens with zero attached hydrogens (tertiary/aromatic N) is 1. The van der Waals surface area contributed by atoms with Crippen LogP contribution in [0.25, 0.3) is 0 Å². The lowest BCUT2D eigenvalue weighted by molar-refractivity contribution is 0.461. The lowest BCUT2D eigenvalue weighted by Crippen LogP contribution is -1.95. The number of pyridine rings is 1. The molecule has 0 spiro atoms. The van der Waals surface area contributed by atoms with E-state index in [9.17, 15) is 0 Å². The summed E-state index contributed by atoms with van der Waals surface area (Å²) in [6, 6.07) is 9.13. The van der Waals surface area contributed by atoms with Gasteiger partial charge in [0.05, 0.1) is 11.4 Å². The Morgan fingerprint density at radius 2 is 2.06 bits per heavy atom. The summed E-state index contributed by atoms with van der Waals surface area (Å²) in [7, 11) is 0. The van der Waals surface area contributed by atoms with Crippen LogP contribution in [0.4, 0.5) is 5.69 Å². The van der Waals surface area contributed by atoms with Crippen LogP contribution in [0.1, 0.15) is 18.2 Å². The number of benzene rings is 1. The Kier molecular flexibility index (Phi) is 3.72. The maximum atomic E-state index is 6.06. The number of ether oxygens (including phenoxy) is 1. The van der Waals surface area contributed by atoms with E-state index in [0.29, 0.717) is 11.6 Å². The molecular formula is C14H15ClN2O. The van der Waals surface area contributed by atoms with Gasteiger partial charge < -0.3 is 10.5 Å².